The van der Waals surface area contributed by atoms with Crippen LogP contribution in [0.25, 0.3) is 0 Å². The van der Waals surface area contributed by atoms with Crippen LogP contribution in [0.1, 0.15) is 19.8 Å². The van der Waals surface area contributed by atoms with Gasteiger partial charge < -0.3 is 63.1 Å². The SMILES string of the molecule is CN[C@@H]1[C@@H](O)[C@@H](O[C@H]2[C@H](NC=O)C[C@H](N)C([C@H]3OC(CN)=CC[C@H]3N=C(N)N)[C@@H]2O)OC[C@]1(C)O. The fourth-order valence-corrected chi connectivity index (χ4v) is 5.35. The number of aliphatic imine (C=N–C) groups is 1. The molecular formula is C21H39N7O7. The van der Waals surface area contributed by atoms with Crippen molar-refractivity contribution in [3.8, 4) is 0 Å². The van der Waals surface area contributed by atoms with Crippen LogP contribution < -0.4 is 33.6 Å². The fourth-order valence-electron chi connectivity index (χ4n) is 5.35. The number of amides is 1. The molecule has 0 aromatic heterocycles. The maximum absolute atomic E-state index is 11.5. The number of hydrogen-bond acceptors (Lipinski definition) is 11. The molecule has 200 valence electrons. The van der Waals surface area contributed by atoms with Gasteiger partial charge in [-0.05, 0) is 32.9 Å². The summed E-state index contributed by atoms with van der Waals surface area (Å²) in [6, 6.07) is -2.60. The van der Waals surface area contributed by atoms with E-state index in [2.05, 4.69) is 15.6 Å². The minimum atomic E-state index is -1.35. The molecule has 1 amide bonds. The van der Waals surface area contributed by atoms with Crippen LogP contribution in [-0.2, 0) is 19.0 Å². The lowest BCUT2D eigenvalue weighted by Gasteiger charge is -2.50. The summed E-state index contributed by atoms with van der Waals surface area (Å²) < 4.78 is 17.7. The Labute approximate surface area is 204 Å². The van der Waals surface area contributed by atoms with Crippen molar-refractivity contribution < 1.29 is 34.3 Å². The first-order valence-electron chi connectivity index (χ1n) is 11.7. The van der Waals surface area contributed by atoms with Gasteiger partial charge >= 0.3 is 0 Å². The molecule has 1 saturated heterocycles. The summed E-state index contributed by atoms with van der Waals surface area (Å²) in [6.07, 6.45) is -2.54. The van der Waals surface area contributed by atoms with E-state index in [1.807, 2.05) is 0 Å². The van der Waals surface area contributed by atoms with Crippen molar-refractivity contribution in [3.63, 3.8) is 0 Å². The van der Waals surface area contributed by atoms with Crippen molar-refractivity contribution in [2.24, 2.45) is 33.8 Å². The van der Waals surface area contributed by atoms with Gasteiger partial charge in [-0.25, -0.2) is 4.99 Å². The summed E-state index contributed by atoms with van der Waals surface area (Å²) in [5, 5.41) is 38.3. The second-order valence-electron chi connectivity index (χ2n) is 9.57. The van der Waals surface area contributed by atoms with Gasteiger partial charge in [-0.15, -0.1) is 0 Å². The predicted molar refractivity (Wildman–Crippen MR) is 125 cm³/mol. The van der Waals surface area contributed by atoms with E-state index in [9.17, 15) is 20.1 Å². The third kappa shape index (κ3) is 5.86. The highest BCUT2D eigenvalue weighted by atomic mass is 16.7. The summed E-state index contributed by atoms with van der Waals surface area (Å²) in [7, 11) is 1.60. The Balaban J connectivity index is 1.88. The summed E-state index contributed by atoms with van der Waals surface area (Å²) in [4.78, 5) is 15.6. The predicted octanol–water partition coefficient (Wildman–Crippen LogP) is -4.48. The van der Waals surface area contributed by atoms with Gasteiger partial charge in [0.05, 0.1) is 37.4 Å². The number of nitrogens with zero attached hydrogens (tertiary/aromatic N) is 1. The summed E-state index contributed by atoms with van der Waals surface area (Å²) >= 11 is 0. The van der Waals surface area contributed by atoms with Crippen LogP contribution in [0, 0.1) is 5.92 Å². The number of nitrogens with one attached hydrogen (secondary N) is 2. The quantitative estimate of drug-likeness (QED) is 0.0868. The smallest absolute Gasteiger partial charge is 0.207 e. The highest BCUT2D eigenvalue weighted by Gasteiger charge is 2.53. The summed E-state index contributed by atoms with van der Waals surface area (Å²) in [5.74, 6) is -0.326. The first-order valence-corrected chi connectivity index (χ1v) is 11.7. The average Bonchev–Trinajstić information content (AvgIpc) is 2.78. The maximum Gasteiger partial charge on any atom is 0.207 e. The van der Waals surface area contributed by atoms with Gasteiger partial charge in [-0.1, -0.05) is 0 Å². The number of rotatable bonds is 8. The number of hydrogen-bond donors (Lipinski definition) is 9. The second-order valence-corrected chi connectivity index (χ2v) is 9.57. The fraction of sp³-hybridized carbons (Fsp3) is 0.810. The zero-order chi connectivity index (χ0) is 25.9. The summed E-state index contributed by atoms with van der Waals surface area (Å²) in [5.41, 5.74) is 22.1. The molecule has 3 aliphatic rings. The Morgan fingerprint density at radius 3 is 2.69 bits per heavy atom. The van der Waals surface area contributed by atoms with Gasteiger partial charge in [-0.2, -0.15) is 0 Å². The normalized spacial score (nSPS) is 44.0. The molecule has 0 aromatic rings. The van der Waals surface area contributed by atoms with Crippen molar-refractivity contribution >= 4 is 12.4 Å². The Morgan fingerprint density at radius 2 is 2.09 bits per heavy atom. The van der Waals surface area contributed by atoms with Gasteiger partial charge in [0, 0.05) is 12.0 Å². The number of likely N-dealkylation sites (N-methyl/N-ethyl adjacent to an activating group) is 1. The standard InChI is InChI=1S/C21H39N7O7/c1-21(32)7-33-19(15(31)18(21)26-2)35-17-12(27-8-29)5-10(23)13(14(17)30)16-11(28-20(24)25)4-3-9(6-22)34-16/h3,8,10-19,26,30-32H,4-7,22-23H2,1-2H3,(H,27,29)(H4,24,25,28)/t10-,11+,12+,13?,14-,15+,16-,17-,18+,19+,21-/m0/s1. The maximum atomic E-state index is 11.5. The molecule has 3 rings (SSSR count). The molecule has 1 unspecified atom stereocenters. The van der Waals surface area contributed by atoms with Crippen molar-refractivity contribution in [2.45, 2.75) is 80.2 Å². The van der Waals surface area contributed by atoms with Gasteiger partial charge in [0.25, 0.3) is 0 Å². The van der Waals surface area contributed by atoms with Crippen molar-refractivity contribution in [3.05, 3.63) is 11.8 Å². The van der Waals surface area contributed by atoms with E-state index in [0.29, 0.717) is 18.6 Å². The van der Waals surface area contributed by atoms with E-state index < -0.39 is 66.4 Å². The molecule has 35 heavy (non-hydrogen) atoms. The minimum Gasteiger partial charge on any atom is -0.491 e. The Morgan fingerprint density at radius 1 is 1.37 bits per heavy atom. The van der Waals surface area contributed by atoms with E-state index in [1.165, 1.54) is 6.92 Å². The van der Waals surface area contributed by atoms with Gasteiger partial charge in [0.2, 0.25) is 6.41 Å². The summed E-state index contributed by atoms with van der Waals surface area (Å²) in [6.45, 7) is 1.55. The zero-order valence-electron chi connectivity index (χ0n) is 20.0. The largest absolute Gasteiger partial charge is 0.491 e. The monoisotopic (exact) mass is 501 g/mol. The third-order valence-electron chi connectivity index (χ3n) is 7.01. The number of nitrogens with two attached hydrogens (primary N) is 4. The number of ether oxygens (including phenoxy) is 3. The molecule has 11 atom stereocenters. The van der Waals surface area contributed by atoms with E-state index in [4.69, 9.17) is 37.1 Å². The molecule has 2 fully saturated rings. The van der Waals surface area contributed by atoms with Crippen LogP contribution in [-0.4, -0.2) is 108 Å². The first kappa shape index (κ1) is 27.5. The van der Waals surface area contributed by atoms with Gasteiger partial charge in [-0.3, -0.25) is 4.79 Å². The molecule has 1 aliphatic carbocycles. The molecule has 14 nitrogen and oxygen atoms in total. The molecule has 0 radical (unpaired) electrons. The lowest BCUT2D eigenvalue weighted by Crippen LogP contribution is -2.68. The van der Waals surface area contributed by atoms with Crippen LogP contribution in [0.15, 0.2) is 16.8 Å². The van der Waals surface area contributed by atoms with Crippen molar-refractivity contribution in [2.75, 3.05) is 20.2 Å². The second kappa shape index (κ2) is 11.3. The van der Waals surface area contributed by atoms with E-state index in [1.54, 1.807) is 13.1 Å². The molecule has 0 bridgehead atoms. The molecule has 0 spiro atoms. The van der Waals surface area contributed by atoms with Crippen LogP contribution in [0.4, 0.5) is 0 Å². The lowest BCUT2D eigenvalue weighted by atomic mass is 9.72. The van der Waals surface area contributed by atoms with Crippen LogP contribution in [0.5, 0.6) is 0 Å². The Bertz CT molecular complexity index is 794. The molecular weight excluding hydrogens is 462 g/mol. The molecule has 2 aliphatic heterocycles. The number of carbonyl (C=O) groups excluding carboxylic acids is 1. The van der Waals surface area contributed by atoms with E-state index in [-0.39, 0.29) is 25.5 Å². The van der Waals surface area contributed by atoms with Crippen LogP contribution in [0.2, 0.25) is 0 Å². The van der Waals surface area contributed by atoms with Crippen LogP contribution in [0.3, 0.4) is 0 Å². The molecule has 1 saturated carbocycles. The topological polar surface area (TPSA) is 246 Å². The van der Waals surface area contributed by atoms with E-state index >= 15 is 0 Å². The molecule has 14 heteroatoms. The zero-order valence-corrected chi connectivity index (χ0v) is 20.0. The van der Waals surface area contributed by atoms with E-state index in [0.717, 1.165) is 0 Å². The number of aliphatic hydroxyl groups is 3. The third-order valence-corrected chi connectivity index (χ3v) is 7.01. The number of aliphatic hydroxyl groups excluding tert-OH is 2. The Kier molecular flexibility index (Phi) is 8.93. The number of carbonyl (C=O) groups is 1. The lowest BCUT2D eigenvalue weighted by molar-refractivity contribution is -0.297. The number of guanidine groups is 1. The first-order chi connectivity index (χ1) is 16.5. The van der Waals surface area contributed by atoms with Crippen molar-refractivity contribution in [1.29, 1.82) is 0 Å². The van der Waals surface area contributed by atoms with Gasteiger partial charge in [0.15, 0.2) is 12.2 Å². The van der Waals surface area contributed by atoms with Gasteiger partial charge in [0.1, 0.15) is 29.7 Å². The molecule has 13 N–H and O–H groups in total. The molecule has 0 aromatic carbocycles. The van der Waals surface area contributed by atoms with Crippen LogP contribution >= 0.6 is 0 Å². The van der Waals surface area contributed by atoms with Crippen molar-refractivity contribution in [1.82, 2.24) is 10.6 Å². The highest BCUT2D eigenvalue weighted by molar-refractivity contribution is 5.76. The molecule has 2 heterocycles. The average molecular weight is 502 g/mol. The highest BCUT2D eigenvalue weighted by Crippen LogP contribution is 2.37. The Hall–Kier alpha value is -2.04. The minimum absolute atomic E-state index is 0.124.